The zero-order chi connectivity index (χ0) is 13.3. The van der Waals surface area contributed by atoms with E-state index < -0.39 is 0 Å². The molecule has 2 rings (SSSR count). The monoisotopic (exact) mass is 261 g/mol. The first-order chi connectivity index (χ1) is 9.36. The molecule has 0 bridgehead atoms. The summed E-state index contributed by atoms with van der Waals surface area (Å²) in [6.45, 7) is 5.46. The van der Waals surface area contributed by atoms with Crippen molar-refractivity contribution in [2.45, 2.75) is 51.0 Å². The highest BCUT2D eigenvalue weighted by atomic mass is 16.5. The largest absolute Gasteiger partial charge is 0.378 e. The topological polar surface area (TPSA) is 21.3 Å². The Kier molecular flexibility index (Phi) is 6.38. The molecule has 0 spiro atoms. The molecule has 1 aromatic rings. The van der Waals surface area contributed by atoms with Gasteiger partial charge in [0.05, 0.1) is 6.10 Å². The minimum Gasteiger partial charge on any atom is -0.378 e. The second kappa shape index (κ2) is 8.34. The van der Waals surface area contributed by atoms with Gasteiger partial charge in [-0.15, -0.1) is 0 Å². The predicted molar refractivity (Wildman–Crippen MR) is 80.6 cm³/mol. The van der Waals surface area contributed by atoms with Crippen molar-refractivity contribution >= 4 is 0 Å². The maximum atomic E-state index is 5.73. The number of hydrogen-bond donors (Lipinski definition) is 1. The summed E-state index contributed by atoms with van der Waals surface area (Å²) in [7, 11) is 0. The van der Waals surface area contributed by atoms with Gasteiger partial charge in [0, 0.05) is 6.61 Å². The molecule has 2 atom stereocenters. The molecule has 0 amide bonds. The van der Waals surface area contributed by atoms with E-state index in [4.69, 9.17) is 4.74 Å². The van der Waals surface area contributed by atoms with Crippen LogP contribution in [0.2, 0.25) is 0 Å². The van der Waals surface area contributed by atoms with E-state index in [0.29, 0.717) is 12.0 Å². The quantitative estimate of drug-likeness (QED) is 0.755. The molecule has 1 N–H and O–H groups in total. The van der Waals surface area contributed by atoms with E-state index in [1.54, 1.807) is 0 Å². The summed E-state index contributed by atoms with van der Waals surface area (Å²) in [5, 5.41) is 3.55. The Labute approximate surface area is 117 Å². The van der Waals surface area contributed by atoms with Gasteiger partial charge in [-0.1, -0.05) is 37.3 Å². The fraction of sp³-hybridized carbons (Fsp3) is 0.647. The van der Waals surface area contributed by atoms with Crippen LogP contribution in [0.5, 0.6) is 0 Å². The van der Waals surface area contributed by atoms with Gasteiger partial charge in [0.25, 0.3) is 0 Å². The molecule has 106 valence electrons. The molecule has 0 aromatic heterocycles. The van der Waals surface area contributed by atoms with Crippen molar-refractivity contribution in [2.24, 2.45) is 0 Å². The summed E-state index contributed by atoms with van der Waals surface area (Å²) in [5.41, 5.74) is 1.44. The van der Waals surface area contributed by atoms with Crippen LogP contribution in [0.4, 0.5) is 0 Å². The van der Waals surface area contributed by atoms with Crippen LogP contribution < -0.4 is 5.32 Å². The number of hydrogen-bond acceptors (Lipinski definition) is 2. The Hall–Kier alpha value is -0.860. The van der Waals surface area contributed by atoms with E-state index in [1.165, 1.54) is 37.7 Å². The van der Waals surface area contributed by atoms with Crippen molar-refractivity contribution in [3.05, 3.63) is 35.9 Å². The highest BCUT2D eigenvalue weighted by Crippen LogP contribution is 2.18. The zero-order valence-corrected chi connectivity index (χ0v) is 12.1. The molecular formula is C17H27NO. The fourth-order valence-corrected chi connectivity index (χ4v) is 2.69. The summed E-state index contributed by atoms with van der Waals surface area (Å²) in [6, 6.07) is 10.8. The molecule has 1 heterocycles. The molecule has 1 aliphatic rings. The average Bonchev–Trinajstić information content (AvgIpc) is 2.49. The summed E-state index contributed by atoms with van der Waals surface area (Å²) in [6.07, 6.45) is 6.72. The van der Waals surface area contributed by atoms with Gasteiger partial charge < -0.3 is 10.1 Å². The lowest BCUT2D eigenvalue weighted by Crippen LogP contribution is -2.26. The van der Waals surface area contributed by atoms with Gasteiger partial charge in [-0.05, 0) is 56.7 Å². The molecule has 1 fully saturated rings. The van der Waals surface area contributed by atoms with Gasteiger partial charge in [0.15, 0.2) is 0 Å². The number of ether oxygens (including phenoxy) is 1. The molecule has 1 aliphatic heterocycles. The van der Waals surface area contributed by atoms with E-state index in [9.17, 15) is 0 Å². The van der Waals surface area contributed by atoms with Crippen molar-refractivity contribution in [1.29, 1.82) is 0 Å². The normalized spacial score (nSPS) is 21.2. The van der Waals surface area contributed by atoms with Gasteiger partial charge in [-0.3, -0.25) is 0 Å². The van der Waals surface area contributed by atoms with Gasteiger partial charge in [0.2, 0.25) is 0 Å². The summed E-state index contributed by atoms with van der Waals surface area (Å²) in [5.74, 6) is 0.639. The Bertz CT molecular complexity index is 332. The molecule has 1 saturated heterocycles. The molecular weight excluding hydrogens is 234 g/mol. The predicted octanol–water partition coefficient (Wildman–Crippen LogP) is 3.73. The first kappa shape index (κ1) is 14.5. The van der Waals surface area contributed by atoms with Crippen LogP contribution >= 0.6 is 0 Å². The van der Waals surface area contributed by atoms with E-state index >= 15 is 0 Å². The molecule has 2 unspecified atom stereocenters. The lowest BCUT2D eigenvalue weighted by molar-refractivity contribution is 0.0116. The van der Waals surface area contributed by atoms with Crippen molar-refractivity contribution in [3.8, 4) is 0 Å². The van der Waals surface area contributed by atoms with Gasteiger partial charge in [0.1, 0.15) is 0 Å². The second-order valence-corrected chi connectivity index (χ2v) is 5.63. The van der Waals surface area contributed by atoms with Crippen molar-refractivity contribution in [2.75, 3.05) is 19.7 Å². The van der Waals surface area contributed by atoms with E-state index in [-0.39, 0.29) is 0 Å². The van der Waals surface area contributed by atoms with Crippen LogP contribution in [0.3, 0.4) is 0 Å². The van der Waals surface area contributed by atoms with Crippen LogP contribution in [0.25, 0.3) is 0 Å². The Morgan fingerprint density at radius 1 is 1.21 bits per heavy atom. The average molecular weight is 261 g/mol. The van der Waals surface area contributed by atoms with E-state index in [0.717, 1.165) is 19.7 Å². The van der Waals surface area contributed by atoms with Gasteiger partial charge >= 0.3 is 0 Å². The Morgan fingerprint density at radius 2 is 2.05 bits per heavy atom. The highest BCUT2D eigenvalue weighted by Gasteiger charge is 2.12. The molecule has 0 saturated carbocycles. The third kappa shape index (κ3) is 5.33. The van der Waals surface area contributed by atoms with Crippen molar-refractivity contribution < 1.29 is 4.74 Å². The second-order valence-electron chi connectivity index (χ2n) is 5.63. The lowest BCUT2D eigenvalue weighted by Gasteiger charge is -2.22. The molecule has 1 aromatic carbocycles. The van der Waals surface area contributed by atoms with Gasteiger partial charge in [-0.2, -0.15) is 0 Å². The fourth-order valence-electron chi connectivity index (χ4n) is 2.69. The Balaban J connectivity index is 1.54. The maximum Gasteiger partial charge on any atom is 0.0587 e. The molecule has 0 aliphatic carbocycles. The minimum atomic E-state index is 0.507. The Morgan fingerprint density at radius 3 is 2.79 bits per heavy atom. The minimum absolute atomic E-state index is 0.507. The first-order valence-corrected chi connectivity index (χ1v) is 7.73. The summed E-state index contributed by atoms with van der Waals surface area (Å²) in [4.78, 5) is 0. The van der Waals surface area contributed by atoms with Crippen molar-refractivity contribution in [1.82, 2.24) is 5.32 Å². The molecule has 19 heavy (non-hydrogen) atoms. The molecule has 2 heteroatoms. The summed E-state index contributed by atoms with van der Waals surface area (Å²) >= 11 is 0. The molecule has 2 nitrogen and oxygen atoms in total. The van der Waals surface area contributed by atoms with Crippen LogP contribution in [0, 0.1) is 0 Å². The molecule has 0 radical (unpaired) electrons. The van der Waals surface area contributed by atoms with Gasteiger partial charge in [-0.25, -0.2) is 0 Å². The summed E-state index contributed by atoms with van der Waals surface area (Å²) < 4.78 is 5.73. The van der Waals surface area contributed by atoms with Crippen LogP contribution in [-0.2, 0) is 4.74 Å². The third-order valence-corrected chi connectivity index (χ3v) is 4.04. The SMILES string of the molecule is CC(CCNCCC1CCCCO1)c1ccccc1. The number of rotatable bonds is 7. The first-order valence-electron chi connectivity index (χ1n) is 7.73. The lowest BCUT2D eigenvalue weighted by atomic mass is 9.98. The standard InChI is InChI=1S/C17H27NO/c1-15(16-7-3-2-4-8-16)10-12-18-13-11-17-9-5-6-14-19-17/h2-4,7-8,15,17-18H,5-6,9-14H2,1H3. The van der Waals surface area contributed by atoms with Crippen LogP contribution in [0.1, 0.15) is 50.5 Å². The van der Waals surface area contributed by atoms with Crippen LogP contribution in [-0.4, -0.2) is 25.8 Å². The van der Waals surface area contributed by atoms with E-state index in [2.05, 4.69) is 42.6 Å². The van der Waals surface area contributed by atoms with Crippen molar-refractivity contribution in [3.63, 3.8) is 0 Å². The van der Waals surface area contributed by atoms with Crippen LogP contribution in [0.15, 0.2) is 30.3 Å². The number of benzene rings is 1. The zero-order valence-electron chi connectivity index (χ0n) is 12.1. The maximum absolute atomic E-state index is 5.73. The van der Waals surface area contributed by atoms with E-state index in [1.807, 2.05) is 0 Å². The smallest absolute Gasteiger partial charge is 0.0587 e. The highest BCUT2D eigenvalue weighted by molar-refractivity contribution is 5.18. The third-order valence-electron chi connectivity index (χ3n) is 4.04. The number of nitrogens with one attached hydrogen (secondary N) is 1.